The lowest BCUT2D eigenvalue weighted by molar-refractivity contribution is 0.189. The SMILES string of the molecule is CC1=CC(OCC(C)C)=CC1C(C)C. The maximum atomic E-state index is 5.70. The van der Waals surface area contributed by atoms with Crippen LogP contribution in [0.15, 0.2) is 23.5 Å². The van der Waals surface area contributed by atoms with Crippen LogP contribution < -0.4 is 0 Å². The summed E-state index contributed by atoms with van der Waals surface area (Å²) in [5, 5.41) is 0. The minimum absolute atomic E-state index is 0.581. The van der Waals surface area contributed by atoms with Crippen LogP contribution in [-0.2, 0) is 4.74 Å². The van der Waals surface area contributed by atoms with E-state index in [-0.39, 0.29) is 0 Å². The zero-order valence-corrected chi connectivity index (χ0v) is 10.0. The first-order valence-electron chi connectivity index (χ1n) is 5.53. The summed E-state index contributed by atoms with van der Waals surface area (Å²) in [6.07, 6.45) is 4.43. The van der Waals surface area contributed by atoms with Gasteiger partial charge in [0.1, 0.15) is 5.76 Å². The van der Waals surface area contributed by atoms with E-state index in [0.29, 0.717) is 17.8 Å². The molecule has 0 aromatic carbocycles. The molecule has 1 atom stereocenters. The Balaban J connectivity index is 2.53. The summed E-state index contributed by atoms with van der Waals surface area (Å²) >= 11 is 0. The fourth-order valence-electron chi connectivity index (χ4n) is 1.75. The van der Waals surface area contributed by atoms with E-state index in [1.165, 1.54) is 5.57 Å². The predicted molar refractivity (Wildman–Crippen MR) is 61.0 cm³/mol. The zero-order chi connectivity index (χ0) is 10.7. The van der Waals surface area contributed by atoms with Crippen LogP contribution in [0.5, 0.6) is 0 Å². The van der Waals surface area contributed by atoms with E-state index in [2.05, 4.69) is 46.8 Å². The van der Waals surface area contributed by atoms with Crippen molar-refractivity contribution in [1.29, 1.82) is 0 Å². The molecule has 0 heterocycles. The molecule has 0 saturated heterocycles. The third kappa shape index (κ3) is 2.90. The van der Waals surface area contributed by atoms with Gasteiger partial charge in [0.05, 0.1) is 6.61 Å². The maximum Gasteiger partial charge on any atom is 0.115 e. The highest BCUT2D eigenvalue weighted by atomic mass is 16.5. The summed E-state index contributed by atoms with van der Waals surface area (Å²) in [6.45, 7) is 11.9. The lowest BCUT2D eigenvalue weighted by Crippen LogP contribution is -2.04. The Hall–Kier alpha value is -0.720. The molecular weight excluding hydrogens is 172 g/mol. The fourth-order valence-corrected chi connectivity index (χ4v) is 1.75. The summed E-state index contributed by atoms with van der Waals surface area (Å²) in [7, 11) is 0. The molecule has 0 bridgehead atoms. The van der Waals surface area contributed by atoms with Crippen LogP contribution in [0.3, 0.4) is 0 Å². The molecule has 1 heteroatoms. The van der Waals surface area contributed by atoms with E-state index in [1.807, 2.05) is 0 Å². The molecule has 1 aliphatic carbocycles. The van der Waals surface area contributed by atoms with Crippen LogP contribution in [0.1, 0.15) is 34.6 Å². The lowest BCUT2D eigenvalue weighted by atomic mass is 9.92. The Labute approximate surface area is 87.8 Å². The maximum absolute atomic E-state index is 5.70. The van der Waals surface area contributed by atoms with Gasteiger partial charge in [-0.15, -0.1) is 0 Å². The van der Waals surface area contributed by atoms with Crippen LogP contribution in [0.2, 0.25) is 0 Å². The van der Waals surface area contributed by atoms with Crippen molar-refractivity contribution in [2.75, 3.05) is 6.61 Å². The Morgan fingerprint density at radius 2 is 1.93 bits per heavy atom. The first-order valence-corrected chi connectivity index (χ1v) is 5.53. The van der Waals surface area contributed by atoms with Gasteiger partial charge in [0.25, 0.3) is 0 Å². The highest BCUT2D eigenvalue weighted by molar-refractivity contribution is 5.31. The highest BCUT2D eigenvalue weighted by Crippen LogP contribution is 2.30. The Morgan fingerprint density at radius 1 is 1.29 bits per heavy atom. The largest absolute Gasteiger partial charge is 0.494 e. The quantitative estimate of drug-likeness (QED) is 0.662. The van der Waals surface area contributed by atoms with Crippen molar-refractivity contribution < 1.29 is 4.74 Å². The Kier molecular flexibility index (Phi) is 3.79. The molecule has 0 amide bonds. The summed E-state index contributed by atoms with van der Waals surface area (Å²) in [4.78, 5) is 0. The average Bonchev–Trinajstić information content (AvgIpc) is 2.43. The molecule has 1 rings (SSSR count). The zero-order valence-electron chi connectivity index (χ0n) is 10.0. The summed E-state index contributed by atoms with van der Waals surface area (Å²) in [5.74, 6) is 2.92. The van der Waals surface area contributed by atoms with Crippen molar-refractivity contribution in [3.05, 3.63) is 23.5 Å². The summed E-state index contributed by atoms with van der Waals surface area (Å²) in [6, 6.07) is 0. The third-order valence-electron chi connectivity index (χ3n) is 2.54. The molecule has 0 aromatic heterocycles. The number of hydrogen-bond donors (Lipinski definition) is 0. The van der Waals surface area contributed by atoms with Crippen molar-refractivity contribution in [3.63, 3.8) is 0 Å². The molecule has 0 N–H and O–H groups in total. The lowest BCUT2D eigenvalue weighted by Gasteiger charge is -2.13. The van der Waals surface area contributed by atoms with E-state index in [1.54, 1.807) is 0 Å². The molecule has 80 valence electrons. The van der Waals surface area contributed by atoms with Crippen LogP contribution in [-0.4, -0.2) is 6.61 Å². The van der Waals surface area contributed by atoms with Gasteiger partial charge in [-0.05, 0) is 30.9 Å². The van der Waals surface area contributed by atoms with Gasteiger partial charge < -0.3 is 4.74 Å². The third-order valence-corrected chi connectivity index (χ3v) is 2.54. The second-order valence-electron chi connectivity index (χ2n) is 4.93. The molecular formula is C13H22O. The Morgan fingerprint density at radius 3 is 2.36 bits per heavy atom. The molecule has 14 heavy (non-hydrogen) atoms. The number of allylic oxidation sites excluding steroid dienone is 3. The summed E-state index contributed by atoms with van der Waals surface area (Å²) < 4.78 is 5.70. The molecule has 0 fully saturated rings. The van der Waals surface area contributed by atoms with Gasteiger partial charge in [0.15, 0.2) is 0 Å². The van der Waals surface area contributed by atoms with Crippen LogP contribution in [0.4, 0.5) is 0 Å². The van der Waals surface area contributed by atoms with E-state index in [0.717, 1.165) is 12.4 Å². The van der Waals surface area contributed by atoms with Gasteiger partial charge in [-0.2, -0.15) is 0 Å². The van der Waals surface area contributed by atoms with Crippen molar-refractivity contribution in [3.8, 4) is 0 Å². The number of rotatable bonds is 4. The normalized spacial score (nSPS) is 21.5. The molecule has 0 spiro atoms. The molecule has 1 nitrogen and oxygen atoms in total. The van der Waals surface area contributed by atoms with Crippen LogP contribution in [0, 0.1) is 17.8 Å². The van der Waals surface area contributed by atoms with Crippen molar-refractivity contribution in [2.45, 2.75) is 34.6 Å². The number of hydrogen-bond acceptors (Lipinski definition) is 1. The molecule has 0 saturated carbocycles. The second kappa shape index (κ2) is 4.68. The van der Waals surface area contributed by atoms with Gasteiger partial charge in [0.2, 0.25) is 0 Å². The van der Waals surface area contributed by atoms with E-state index in [4.69, 9.17) is 4.74 Å². The smallest absolute Gasteiger partial charge is 0.115 e. The molecule has 1 unspecified atom stereocenters. The molecule has 1 aliphatic rings. The van der Waals surface area contributed by atoms with E-state index < -0.39 is 0 Å². The van der Waals surface area contributed by atoms with Crippen molar-refractivity contribution in [1.82, 2.24) is 0 Å². The minimum Gasteiger partial charge on any atom is -0.494 e. The van der Waals surface area contributed by atoms with Gasteiger partial charge in [-0.1, -0.05) is 33.3 Å². The topological polar surface area (TPSA) is 9.23 Å². The first-order chi connectivity index (χ1) is 6.50. The second-order valence-corrected chi connectivity index (χ2v) is 4.93. The van der Waals surface area contributed by atoms with Crippen LogP contribution in [0.25, 0.3) is 0 Å². The standard InChI is InChI=1S/C13H22O/c1-9(2)8-14-12-6-11(5)13(7-12)10(3)4/h6-7,9-10,13H,8H2,1-5H3. The average molecular weight is 194 g/mol. The molecule has 0 aromatic rings. The number of ether oxygens (including phenoxy) is 1. The van der Waals surface area contributed by atoms with Gasteiger partial charge in [-0.25, -0.2) is 0 Å². The fraction of sp³-hybridized carbons (Fsp3) is 0.692. The first kappa shape index (κ1) is 11.4. The van der Waals surface area contributed by atoms with Gasteiger partial charge >= 0.3 is 0 Å². The summed E-state index contributed by atoms with van der Waals surface area (Å²) in [5.41, 5.74) is 1.43. The van der Waals surface area contributed by atoms with E-state index in [9.17, 15) is 0 Å². The van der Waals surface area contributed by atoms with Crippen LogP contribution >= 0.6 is 0 Å². The predicted octanol–water partition coefficient (Wildman–Crippen LogP) is 3.78. The molecule has 0 radical (unpaired) electrons. The van der Waals surface area contributed by atoms with Gasteiger partial charge in [-0.3, -0.25) is 0 Å². The van der Waals surface area contributed by atoms with Crippen molar-refractivity contribution >= 4 is 0 Å². The minimum atomic E-state index is 0.581. The van der Waals surface area contributed by atoms with Gasteiger partial charge in [0, 0.05) is 5.92 Å². The van der Waals surface area contributed by atoms with Crippen molar-refractivity contribution in [2.24, 2.45) is 17.8 Å². The monoisotopic (exact) mass is 194 g/mol. The molecule has 0 aliphatic heterocycles. The highest BCUT2D eigenvalue weighted by Gasteiger charge is 2.19. The Bertz CT molecular complexity index is 246. The van der Waals surface area contributed by atoms with E-state index >= 15 is 0 Å².